The highest BCUT2D eigenvalue weighted by molar-refractivity contribution is 5.82. The topological polar surface area (TPSA) is 87.7 Å². The van der Waals surface area contributed by atoms with Crippen molar-refractivity contribution in [2.75, 3.05) is 13.2 Å². The molecule has 1 saturated heterocycles. The van der Waals surface area contributed by atoms with Gasteiger partial charge in [0.2, 0.25) is 0 Å². The first-order valence-corrected chi connectivity index (χ1v) is 5.12. The summed E-state index contributed by atoms with van der Waals surface area (Å²) in [5, 5.41) is 13.8. The summed E-state index contributed by atoms with van der Waals surface area (Å²) in [7, 11) is 0. The SMILES string of the molecule is C=CCC(NC(=O)NC1CCOC1)C(=O)O. The molecule has 3 N–H and O–H groups in total. The number of rotatable bonds is 5. The fourth-order valence-corrected chi connectivity index (χ4v) is 1.42. The van der Waals surface area contributed by atoms with Crippen molar-refractivity contribution in [3.63, 3.8) is 0 Å². The summed E-state index contributed by atoms with van der Waals surface area (Å²) in [5.41, 5.74) is 0. The van der Waals surface area contributed by atoms with E-state index in [1.165, 1.54) is 6.08 Å². The quantitative estimate of drug-likeness (QED) is 0.582. The smallest absolute Gasteiger partial charge is 0.326 e. The highest BCUT2D eigenvalue weighted by Crippen LogP contribution is 2.03. The number of hydrogen-bond donors (Lipinski definition) is 3. The van der Waals surface area contributed by atoms with Gasteiger partial charge in [0.05, 0.1) is 12.6 Å². The molecule has 0 spiro atoms. The number of ether oxygens (including phenoxy) is 1. The lowest BCUT2D eigenvalue weighted by Gasteiger charge is -2.15. The largest absolute Gasteiger partial charge is 0.480 e. The molecule has 0 bridgehead atoms. The molecule has 1 aliphatic heterocycles. The van der Waals surface area contributed by atoms with Crippen LogP contribution in [0.1, 0.15) is 12.8 Å². The van der Waals surface area contributed by atoms with Gasteiger partial charge in [-0.05, 0) is 12.8 Å². The third-order valence-electron chi connectivity index (χ3n) is 2.27. The number of carbonyl (C=O) groups excluding carboxylic acids is 1. The lowest BCUT2D eigenvalue weighted by atomic mass is 10.2. The molecule has 1 aliphatic rings. The monoisotopic (exact) mass is 228 g/mol. The van der Waals surface area contributed by atoms with Crippen LogP contribution >= 0.6 is 0 Å². The highest BCUT2D eigenvalue weighted by Gasteiger charge is 2.22. The molecule has 6 heteroatoms. The van der Waals surface area contributed by atoms with E-state index in [9.17, 15) is 9.59 Å². The number of hydrogen-bond acceptors (Lipinski definition) is 3. The van der Waals surface area contributed by atoms with E-state index in [1.54, 1.807) is 0 Å². The van der Waals surface area contributed by atoms with E-state index in [4.69, 9.17) is 9.84 Å². The van der Waals surface area contributed by atoms with Crippen LogP contribution in [0.3, 0.4) is 0 Å². The van der Waals surface area contributed by atoms with Crippen molar-refractivity contribution in [3.8, 4) is 0 Å². The molecule has 2 unspecified atom stereocenters. The van der Waals surface area contributed by atoms with Crippen LogP contribution in [0.25, 0.3) is 0 Å². The van der Waals surface area contributed by atoms with Crippen molar-refractivity contribution in [2.24, 2.45) is 0 Å². The Hall–Kier alpha value is -1.56. The second kappa shape index (κ2) is 6.12. The molecule has 90 valence electrons. The number of aliphatic carboxylic acids is 1. The van der Waals surface area contributed by atoms with Gasteiger partial charge in [-0.3, -0.25) is 0 Å². The molecular weight excluding hydrogens is 212 g/mol. The minimum Gasteiger partial charge on any atom is -0.480 e. The summed E-state index contributed by atoms with van der Waals surface area (Å²) in [6.45, 7) is 4.54. The summed E-state index contributed by atoms with van der Waals surface area (Å²) in [6.07, 6.45) is 2.41. The molecule has 0 radical (unpaired) electrons. The van der Waals surface area contributed by atoms with Crippen molar-refractivity contribution in [3.05, 3.63) is 12.7 Å². The maximum atomic E-state index is 11.4. The molecule has 1 heterocycles. The zero-order valence-electron chi connectivity index (χ0n) is 8.94. The van der Waals surface area contributed by atoms with Crippen molar-refractivity contribution < 1.29 is 19.4 Å². The van der Waals surface area contributed by atoms with Gasteiger partial charge in [-0.15, -0.1) is 6.58 Å². The molecule has 2 amide bonds. The van der Waals surface area contributed by atoms with Crippen LogP contribution < -0.4 is 10.6 Å². The standard InChI is InChI=1S/C10H16N2O4/c1-2-3-8(9(13)14)12-10(15)11-7-4-5-16-6-7/h2,7-8H,1,3-6H2,(H,13,14)(H2,11,12,15). The van der Waals surface area contributed by atoms with Crippen LogP contribution in [-0.2, 0) is 9.53 Å². The van der Waals surface area contributed by atoms with Crippen LogP contribution in [0, 0.1) is 0 Å². The fourth-order valence-electron chi connectivity index (χ4n) is 1.42. The fraction of sp³-hybridized carbons (Fsp3) is 0.600. The van der Waals surface area contributed by atoms with Gasteiger partial charge in [0.1, 0.15) is 6.04 Å². The van der Waals surface area contributed by atoms with Gasteiger partial charge in [0, 0.05) is 6.61 Å². The number of carboxylic acids is 1. The van der Waals surface area contributed by atoms with Crippen molar-refractivity contribution in [2.45, 2.75) is 24.9 Å². The third-order valence-corrected chi connectivity index (χ3v) is 2.27. The van der Waals surface area contributed by atoms with Gasteiger partial charge >= 0.3 is 12.0 Å². The lowest BCUT2D eigenvalue weighted by Crippen LogP contribution is -2.49. The van der Waals surface area contributed by atoms with Gasteiger partial charge in [-0.2, -0.15) is 0 Å². The molecule has 16 heavy (non-hydrogen) atoms. The predicted molar refractivity (Wildman–Crippen MR) is 57.1 cm³/mol. The number of amides is 2. The Morgan fingerprint density at radius 1 is 1.62 bits per heavy atom. The van der Waals surface area contributed by atoms with Crippen LogP contribution in [0.15, 0.2) is 12.7 Å². The van der Waals surface area contributed by atoms with E-state index in [-0.39, 0.29) is 12.5 Å². The highest BCUT2D eigenvalue weighted by atomic mass is 16.5. The van der Waals surface area contributed by atoms with Crippen molar-refractivity contribution >= 4 is 12.0 Å². The molecule has 0 aromatic carbocycles. The Morgan fingerprint density at radius 2 is 2.38 bits per heavy atom. The second-order valence-electron chi connectivity index (χ2n) is 3.59. The van der Waals surface area contributed by atoms with Crippen LogP contribution in [0.5, 0.6) is 0 Å². The minimum atomic E-state index is -1.07. The molecule has 0 aromatic rings. The number of nitrogens with one attached hydrogen (secondary N) is 2. The third kappa shape index (κ3) is 3.90. The van der Waals surface area contributed by atoms with E-state index < -0.39 is 18.0 Å². The lowest BCUT2D eigenvalue weighted by molar-refractivity contribution is -0.139. The van der Waals surface area contributed by atoms with Crippen LogP contribution in [-0.4, -0.2) is 42.4 Å². The Labute approximate surface area is 93.7 Å². The summed E-state index contributed by atoms with van der Waals surface area (Å²) >= 11 is 0. The van der Waals surface area contributed by atoms with E-state index in [2.05, 4.69) is 17.2 Å². The Balaban J connectivity index is 2.35. The predicted octanol–water partition coefficient (Wildman–Crippen LogP) is 0.104. The summed E-state index contributed by atoms with van der Waals surface area (Å²) in [6, 6.07) is -1.44. The first-order chi connectivity index (χ1) is 7.63. The molecule has 1 rings (SSSR count). The molecule has 1 fully saturated rings. The van der Waals surface area contributed by atoms with Gasteiger partial charge in [0.15, 0.2) is 0 Å². The minimum absolute atomic E-state index is 0.0295. The second-order valence-corrected chi connectivity index (χ2v) is 3.59. The molecule has 2 atom stereocenters. The van der Waals surface area contributed by atoms with E-state index >= 15 is 0 Å². The maximum Gasteiger partial charge on any atom is 0.326 e. The Bertz CT molecular complexity index is 274. The molecular formula is C10H16N2O4. The Morgan fingerprint density at radius 3 is 2.88 bits per heavy atom. The zero-order valence-corrected chi connectivity index (χ0v) is 8.94. The first-order valence-electron chi connectivity index (χ1n) is 5.12. The maximum absolute atomic E-state index is 11.4. The van der Waals surface area contributed by atoms with E-state index in [0.717, 1.165) is 6.42 Å². The van der Waals surface area contributed by atoms with Gasteiger partial charge in [-0.25, -0.2) is 9.59 Å². The normalized spacial score (nSPS) is 21.1. The van der Waals surface area contributed by atoms with Gasteiger partial charge in [0.25, 0.3) is 0 Å². The summed E-state index contributed by atoms with van der Waals surface area (Å²) in [5.74, 6) is -1.07. The van der Waals surface area contributed by atoms with Gasteiger partial charge < -0.3 is 20.5 Å². The Kier molecular flexibility index (Phi) is 4.78. The summed E-state index contributed by atoms with van der Waals surface area (Å²) < 4.78 is 5.08. The number of urea groups is 1. The average Bonchev–Trinajstić information content (AvgIpc) is 2.69. The number of carboxylic acid groups (broad SMARTS) is 1. The first kappa shape index (κ1) is 12.5. The molecule has 0 aliphatic carbocycles. The van der Waals surface area contributed by atoms with Crippen LogP contribution in [0.4, 0.5) is 4.79 Å². The zero-order chi connectivity index (χ0) is 12.0. The molecule has 6 nitrogen and oxygen atoms in total. The van der Waals surface area contributed by atoms with Crippen molar-refractivity contribution in [1.82, 2.24) is 10.6 Å². The average molecular weight is 228 g/mol. The summed E-state index contributed by atoms with van der Waals surface area (Å²) in [4.78, 5) is 22.2. The van der Waals surface area contributed by atoms with Crippen molar-refractivity contribution in [1.29, 1.82) is 0 Å². The van der Waals surface area contributed by atoms with Crippen LogP contribution in [0.2, 0.25) is 0 Å². The van der Waals surface area contributed by atoms with E-state index in [1.807, 2.05) is 0 Å². The van der Waals surface area contributed by atoms with E-state index in [0.29, 0.717) is 13.2 Å². The number of carbonyl (C=O) groups is 2. The molecule has 0 saturated carbocycles. The van der Waals surface area contributed by atoms with Gasteiger partial charge in [-0.1, -0.05) is 6.08 Å². The molecule has 0 aromatic heterocycles.